The Bertz CT molecular complexity index is 881. The third kappa shape index (κ3) is 7.03. The number of hydrogen-bond acceptors (Lipinski definition) is 3. The van der Waals surface area contributed by atoms with Crippen LogP contribution in [0.25, 0.3) is 0 Å². The van der Waals surface area contributed by atoms with E-state index in [0.717, 1.165) is 46.2 Å². The van der Waals surface area contributed by atoms with Crippen molar-refractivity contribution in [3.63, 3.8) is 0 Å². The van der Waals surface area contributed by atoms with E-state index in [9.17, 15) is 15.3 Å². The maximum atomic E-state index is 11.1. The van der Waals surface area contributed by atoms with E-state index in [2.05, 4.69) is 107 Å². The van der Waals surface area contributed by atoms with Crippen molar-refractivity contribution in [1.29, 1.82) is 0 Å². The molecular formula is C32H50O3. The molecule has 0 atom stereocenters. The van der Waals surface area contributed by atoms with Crippen LogP contribution < -0.4 is 0 Å². The van der Waals surface area contributed by atoms with Crippen molar-refractivity contribution in [3.05, 3.63) is 57.6 Å². The summed E-state index contributed by atoms with van der Waals surface area (Å²) in [6.07, 6.45) is 1.44. The lowest BCUT2D eigenvalue weighted by Gasteiger charge is -2.30. The van der Waals surface area contributed by atoms with Gasteiger partial charge in [-0.15, -0.1) is 0 Å². The number of phenols is 2. The first-order valence-electron chi connectivity index (χ1n) is 13.0. The quantitative estimate of drug-likeness (QED) is 0.409. The van der Waals surface area contributed by atoms with Crippen LogP contribution in [0.5, 0.6) is 11.5 Å². The van der Waals surface area contributed by atoms with Gasteiger partial charge < -0.3 is 15.3 Å². The summed E-state index contributed by atoms with van der Waals surface area (Å²) in [7, 11) is 0. The molecule has 0 saturated carbocycles. The van der Waals surface area contributed by atoms with Crippen LogP contribution in [-0.2, 0) is 34.5 Å². The highest BCUT2D eigenvalue weighted by Crippen LogP contribution is 2.42. The summed E-state index contributed by atoms with van der Waals surface area (Å²) in [5, 5.41) is 32.5. The molecule has 0 aliphatic carbocycles. The zero-order valence-corrected chi connectivity index (χ0v) is 24.3. The monoisotopic (exact) mass is 482 g/mol. The van der Waals surface area contributed by atoms with E-state index < -0.39 is 0 Å². The zero-order valence-electron chi connectivity index (χ0n) is 24.3. The Labute approximate surface area is 214 Å². The van der Waals surface area contributed by atoms with Gasteiger partial charge in [-0.05, 0) is 73.8 Å². The Balaban J connectivity index is 2.54. The van der Waals surface area contributed by atoms with E-state index in [1.807, 2.05) is 0 Å². The molecule has 0 saturated heterocycles. The van der Waals surface area contributed by atoms with Crippen molar-refractivity contribution >= 4 is 0 Å². The highest BCUT2D eigenvalue weighted by molar-refractivity contribution is 5.51. The van der Waals surface area contributed by atoms with Crippen molar-refractivity contribution in [1.82, 2.24) is 0 Å². The van der Waals surface area contributed by atoms with Gasteiger partial charge in [0, 0.05) is 6.61 Å². The number of aliphatic hydroxyl groups is 1. The van der Waals surface area contributed by atoms with Crippen molar-refractivity contribution in [2.24, 2.45) is 5.92 Å². The summed E-state index contributed by atoms with van der Waals surface area (Å²) in [5.41, 5.74) is 5.34. The molecule has 0 aromatic heterocycles. The topological polar surface area (TPSA) is 60.7 Å². The molecule has 0 aliphatic rings. The molecule has 3 N–H and O–H groups in total. The van der Waals surface area contributed by atoms with Crippen LogP contribution in [0.1, 0.15) is 116 Å². The van der Waals surface area contributed by atoms with Gasteiger partial charge in [0.05, 0.1) is 0 Å². The molecule has 3 heteroatoms. The third-order valence-corrected chi connectivity index (χ3v) is 6.88. The van der Waals surface area contributed by atoms with Gasteiger partial charge in [0.25, 0.3) is 0 Å². The summed E-state index contributed by atoms with van der Waals surface area (Å²) >= 11 is 0. The Morgan fingerprint density at radius 3 is 0.914 bits per heavy atom. The van der Waals surface area contributed by atoms with E-state index in [1.54, 1.807) is 0 Å². The van der Waals surface area contributed by atoms with Gasteiger partial charge in [0.15, 0.2) is 0 Å². The van der Waals surface area contributed by atoms with E-state index in [4.69, 9.17) is 0 Å². The minimum Gasteiger partial charge on any atom is -0.507 e. The number of hydrogen-bond donors (Lipinski definition) is 3. The molecule has 35 heavy (non-hydrogen) atoms. The molecule has 2 aromatic carbocycles. The smallest absolute Gasteiger partial charge is 0.123 e. The molecule has 2 rings (SSSR count). The summed E-state index contributed by atoms with van der Waals surface area (Å²) < 4.78 is 0. The Hall–Kier alpha value is -2.00. The number of benzene rings is 2. The summed E-state index contributed by atoms with van der Waals surface area (Å²) in [6.45, 7) is 25.6. The molecule has 0 spiro atoms. The van der Waals surface area contributed by atoms with Crippen LogP contribution >= 0.6 is 0 Å². The Kier molecular flexibility index (Phi) is 8.19. The number of aliphatic hydroxyl groups excluding tert-OH is 1. The van der Waals surface area contributed by atoms with Gasteiger partial charge in [0.2, 0.25) is 0 Å². The minimum atomic E-state index is -0.186. The standard InChI is InChI=1S/C32H50O3/c1-29(2,3)23-15-20(16-24(27(23)34)30(4,5)6)13-22(19-33)14-21-17-25(31(7,8)9)28(35)26(18-21)32(10,11)12/h15-18,22,33-35H,13-14,19H2,1-12H3. The lowest BCUT2D eigenvalue weighted by atomic mass is 9.76. The molecular weight excluding hydrogens is 432 g/mol. The summed E-state index contributed by atoms with van der Waals surface area (Å²) in [5.74, 6) is 0.806. The fraction of sp³-hybridized carbons (Fsp3) is 0.625. The number of rotatable bonds is 5. The molecule has 0 heterocycles. The first kappa shape index (κ1) is 29.2. The minimum absolute atomic E-state index is 0.0327. The summed E-state index contributed by atoms with van der Waals surface area (Å²) in [6, 6.07) is 8.47. The highest BCUT2D eigenvalue weighted by Gasteiger charge is 2.29. The normalized spacial score (nSPS) is 13.5. The zero-order chi connectivity index (χ0) is 27.1. The van der Waals surface area contributed by atoms with Gasteiger partial charge in [0.1, 0.15) is 11.5 Å². The SMILES string of the molecule is CC(C)(C)c1cc(CC(CO)Cc2cc(C(C)(C)C)c(O)c(C(C)(C)C)c2)cc(C(C)(C)C)c1O. The van der Waals surface area contributed by atoms with Crippen molar-refractivity contribution in [3.8, 4) is 11.5 Å². The van der Waals surface area contributed by atoms with Crippen LogP contribution in [0, 0.1) is 5.92 Å². The van der Waals surface area contributed by atoms with Gasteiger partial charge in [-0.3, -0.25) is 0 Å². The molecule has 196 valence electrons. The van der Waals surface area contributed by atoms with Crippen LogP contribution in [0.4, 0.5) is 0 Å². The molecule has 0 amide bonds. The second-order valence-corrected chi connectivity index (χ2v) is 14.5. The van der Waals surface area contributed by atoms with Gasteiger partial charge in [-0.25, -0.2) is 0 Å². The highest BCUT2D eigenvalue weighted by atomic mass is 16.3. The van der Waals surface area contributed by atoms with Crippen LogP contribution in [0.15, 0.2) is 24.3 Å². The van der Waals surface area contributed by atoms with Gasteiger partial charge >= 0.3 is 0 Å². The van der Waals surface area contributed by atoms with Gasteiger partial charge in [-0.1, -0.05) is 107 Å². The van der Waals surface area contributed by atoms with Crippen LogP contribution in [0.3, 0.4) is 0 Å². The maximum absolute atomic E-state index is 11.1. The molecule has 3 nitrogen and oxygen atoms in total. The van der Waals surface area contributed by atoms with E-state index >= 15 is 0 Å². The first-order chi connectivity index (χ1) is 15.7. The Morgan fingerprint density at radius 2 is 0.743 bits per heavy atom. The average molecular weight is 483 g/mol. The van der Waals surface area contributed by atoms with Crippen molar-refractivity contribution in [2.75, 3.05) is 6.61 Å². The maximum Gasteiger partial charge on any atom is 0.123 e. The van der Waals surface area contributed by atoms with E-state index in [0.29, 0.717) is 11.5 Å². The average Bonchev–Trinajstić information content (AvgIpc) is 2.66. The predicted octanol–water partition coefficient (Wildman–Crippen LogP) is 7.68. The molecule has 2 aromatic rings. The largest absolute Gasteiger partial charge is 0.507 e. The lowest BCUT2D eigenvalue weighted by Crippen LogP contribution is -2.21. The van der Waals surface area contributed by atoms with Crippen molar-refractivity contribution in [2.45, 2.75) is 118 Å². The summed E-state index contributed by atoms with van der Waals surface area (Å²) in [4.78, 5) is 0. The predicted molar refractivity (Wildman–Crippen MR) is 149 cm³/mol. The van der Waals surface area contributed by atoms with Crippen molar-refractivity contribution < 1.29 is 15.3 Å². The molecule has 0 aliphatic heterocycles. The lowest BCUT2D eigenvalue weighted by molar-refractivity contribution is 0.224. The Morgan fingerprint density at radius 1 is 0.514 bits per heavy atom. The second-order valence-electron chi connectivity index (χ2n) is 14.5. The first-order valence-corrected chi connectivity index (χ1v) is 13.0. The van der Waals surface area contributed by atoms with Crippen LogP contribution in [0.2, 0.25) is 0 Å². The fourth-order valence-electron chi connectivity index (χ4n) is 4.78. The van der Waals surface area contributed by atoms with E-state index in [-0.39, 0.29) is 34.2 Å². The number of phenolic OH excluding ortho intramolecular Hbond substituents is 2. The number of aromatic hydroxyl groups is 2. The fourth-order valence-corrected chi connectivity index (χ4v) is 4.78. The molecule has 0 bridgehead atoms. The molecule has 0 unspecified atom stereocenters. The molecule has 0 fully saturated rings. The van der Waals surface area contributed by atoms with E-state index in [1.165, 1.54) is 0 Å². The second kappa shape index (κ2) is 9.81. The third-order valence-electron chi connectivity index (χ3n) is 6.88. The van der Waals surface area contributed by atoms with Crippen LogP contribution in [-0.4, -0.2) is 21.9 Å². The van der Waals surface area contributed by atoms with Gasteiger partial charge in [-0.2, -0.15) is 0 Å². The molecule has 0 radical (unpaired) electrons.